The molecule has 5 nitrogen and oxygen atoms in total. The summed E-state index contributed by atoms with van der Waals surface area (Å²) in [6, 6.07) is 10.9. The van der Waals surface area contributed by atoms with Gasteiger partial charge in [0.05, 0.1) is 10.0 Å². The van der Waals surface area contributed by atoms with Crippen LogP contribution < -0.4 is 10.0 Å². The molecule has 0 bridgehead atoms. The van der Waals surface area contributed by atoms with Gasteiger partial charge in [-0.2, -0.15) is 4.73 Å². The SMILES string of the molecule is CCc1cc(NCCc2ccc[n+]([O-])c2)nc(-c2ccc(Cl)c(Cl)c2)n1. The molecule has 0 aliphatic carbocycles. The normalized spacial score (nSPS) is 10.7. The van der Waals surface area contributed by atoms with E-state index >= 15 is 0 Å². The average Bonchev–Trinajstić information content (AvgIpc) is 2.64. The van der Waals surface area contributed by atoms with Crippen LogP contribution in [0.2, 0.25) is 10.0 Å². The van der Waals surface area contributed by atoms with Crippen molar-refractivity contribution in [3.8, 4) is 11.4 Å². The Morgan fingerprint density at radius 2 is 1.96 bits per heavy atom. The minimum absolute atomic E-state index is 0.471. The van der Waals surface area contributed by atoms with Crippen LogP contribution in [0.1, 0.15) is 18.2 Å². The fourth-order valence-electron chi connectivity index (χ4n) is 2.52. The monoisotopic (exact) mass is 388 g/mol. The second-order valence-electron chi connectivity index (χ2n) is 5.80. The predicted octanol–water partition coefficient (Wildman–Crippen LogP) is 4.30. The Morgan fingerprint density at radius 1 is 1.12 bits per heavy atom. The van der Waals surface area contributed by atoms with Crippen molar-refractivity contribution in [2.24, 2.45) is 0 Å². The number of aryl methyl sites for hydroxylation is 1. The van der Waals surface area contributed by atoms with Crippen molar-refractivity contribution in [3.05, 3.63) is 75.3 Å². The van der Waals surface area contributed by atoms with E-state index in [1.807, 2.05) is 25.1 Å². The van der Waals surface area contributed by atoms with Crippen molar-refractivity contribution in [2.75, 3.05) is 11.9 Å². The number of rotatable bonds is 6. The van der Waals surface area contributed by atoms with Gasteiger partial charge in [0, 0.05) is 35.5 Å². The highest BCUT2D eigenvalue weighted by Crippen LogP contribution is 2.27. The Kier molecular flexibility index (Phi) is 5.91. The largest absolute Gasteiger partial charge is 0.619 e. The van der Waals surface area contributed by atoms with E-state index in [9.17, 15) is 5.21 Å². The summed E-state index contributed by atoms with van der Waals surface area (Å²) in [4.78, 5) is 9.15. The molecule has 3 aromatic rings. The fourth-order valence-corrected chi connectivity index (χ4v) is 2.82. The van der Waals surface area contributed by atoms with Crippen LogP contribution in [0.3, 0.4) is 0 Å². The third-order valence-corrected chi connectivity index (χ3v) is 4.61. The van der Waals surface area contributed by atoms with Crippen LogP contribution in [-0.2, 0) is 12.8 Å². The van der Waals surface area contributed by atoms with Gasteiger partial charge >= 0.3 is 0 Å². The van der Waals surface area contributed by atoms with Gasteiger partial charge in [0.1, 0.15) is 5.82 Å². The molecular weight excluding hydrogens is 371 g/mol. The molecule has 26 heavy (non-hydrogen) atoms. The molecule has 7 heteroatoms. The molecule has 0 aliphatic rings. The minimum Gasteiger partial charge on any atom is -0.619 e. The summed E-state index contributed by atoms with van der Waals surface area (Å²) in [7, 11) is 0. The zero-order valence-corrected chi connectivity index (χ0v) is 15.8. The molecule has 0 aliphatic heterocycles. The first-order chi connectivity index (χ1) is 12.5. The van der Waals surface area contributed by atoms with Gasteiger partial charge in [0.25, 0.3) is 0 Å². The quantitative estimate of drug-likeness (QED) is 0.504. The van der Waals surface area contributed by atoms with Crippen LogP contribution >= 0.6 is 23.2 Å². The van der Waals surface area contributed by atoms with E-state index in [0.717, 1.165) is 40.2 Å². The van der Waals surface area contributed by atoms with Crippen LogP contribution in [-0.4, -0.2) is 16.5 Å². The van der Waals surface area contributed by atoms with Crippen molar-refractivity contribution >= 4 is 29.0 Å². The molecule has 2 heterocycles. The van der Waals surface area contributed by atoms with Gasteiger partial charge in [-0.3, -0.25) is 0 Å². The van der Waals surface area contributed by atoms with Gasteiger partial charge in [-0.05, 0) is 37.1 Å². The maximum Gasteiger partial charge on any atom is 0.183 e. The Bertz CT molecular complexity index is 918. The highest BCUT2D eigenvalue weighted by Gasteiger charge is 2.09. The molecule has 0 atom stereocenters. The summed E-state index contributed by atoms with van der Waals surface area (Å²) < 4.78 is 0.803. The summed E-state index contributed by atoms with van der Waals surface area (Å²) >= 11 is 12.1. The predicted molar refractivity (Wildman–Crippen MR) is 104 cm³/mol. The van der Waals surface area contributed by atoms with Crippen molar-refractivity contribution in [2.45, 2.75) is 19.8 Å². The molecule has 0 fully saturated rings. The molecule has 0 radical (unpaired) electrons. The lowest BCUT2D eigenvalue weighted by Crippen LogP contribution is -2.25. The van der Waals surface area contributed by atoms with Crippen molar-refractivity contribution < 1.29 is 4.73 Å². The van der Waals surface area contributed by atoms with E-state index < -0.39 is 0 Å². The molecule has 1 aromatic carbocycles. The Balaban J connectivity index is 1.77. The van der Waals surface area contributed by atoms with Gasteiger partial charge in [-0.1, -0.05) is 30.1 Å². The van der Waals surface area contributed by atoms with E-state index in [0.29, 0.717) is 22.4 Å². The maximum absolute atomic E-state index is 11.3. The average molecular weight is 389 g/mol. The summed E-state index contributed by atoms with van der Waals surface area (Å²) in [6.07, 6.45) is 4.55. The minimum atomic E-state index is 0.471. The molecule has 0 unspecified atom stereocenters. The van der Waals surface area contributed by atoms with E-state index in [4.69, 9.17) is 23.2 Å². The number of halogens is 2. The van der Waals surface area contributed by atoms with Gasteiger partial charge in [-0.15, -0.1) is 0 Å². The van der Waals surface area contributed by atoms with Gasteiger partial charge < -0.3 is 10.5 Å². The molecule has 0 amide bonds. The molecule has 134 valence electrons. The molecule has 0 saturated heterocycles. The number of nitrogens with one attached hydrogen (secondary N) is 1. The van der Waals surface area contributed by atoms with Gasteiger partial charge in [0.2, 0.25) is 0 Å². The van der Waals surface area contributed by atoms with Crippen LogP contribution in [0.25, 0.3) is 11.4 Å². The zero-order valence-electron chi connectivity index (χ0n) is 14.2. The highest BCUT2D eigenvalue weighted by atomic mass is 35.5. The van der Waals surface area contributed by atoms with E-state index in [2.05, 4.69) is 15.3 Å². The number of aromatic nitrogens is 3. The lowest BCUT2D eigenvalue weighted by atomic mass is 10.2. The standard InChI is InChI=1S/C19H18Cl2N4O/c1-2-15-11-18(22-8-7-13-4-3-9-25(26)12-13)24-19(23-15)14-5-6-16(20)17(21)10-14/h3-6,9-12H,2,7-8H2,1H3,(H,22,23,24). The topological polar surface area (TPSA) is 64.8 Å². The van der Waals surface area contributed by atoms with Crippen LogP contribution in [0.4, 0.5) is 5.82 Å². The second kappa shape index (κ2) is 8.34. The summed E-state index contributed by atoms with van der Waals surface area (Å²) in [6.45, 7) is 2.70. The number of hydrogen-bond donors (Lipinski definition) is 1. The van der Waals surface area contributed by atoms with Gasteiger partial charge in [-0.25, -0.2) is 9.97 Å². The van der Waals surface area contributed by atoms with Crippen LogP contribution in [0.15, 0.2) is 48.8 Å². The Hall–Kier alpha value is -2.37. The first kappa shape index (κ1) is 18.4. The Morgan fingerprint density at radius 3 is 2.69 bits per heavy atom. The first-order valence-electron chi connectivity index (χ1n) is 8.30. The second-order valence-corrected chi connectivity index (χ2v) is 6.61. The summed E-state index contributed by atoms with van der Waals surface area (Å²) in [5.74, 6) is 1.34. The number of hydrogen-bond acceptors (Lipinski definition) is 4. The number of pyridine rings is 1. The van der Waals surface area contributed by atoms with E-state index in [-0.39, 0.29) is 0 Å². The zero-order chi connectivity index (χ0) is 18.5. The number of nitrogens with zero attached hydrogens (tertiary/aromatic N) is 3. The first-order valence-corrected chi connectivity index (χ1v) is 9.05. The molecule has 1 N–H and O–H groups in total. The highest BCUT2D eigenvalue weighted by molar-refractivity contribution is 6.42. The van der Waals surface area contributed by atoms with Crippen LogP contribution in [0.5, 0.6) is 0 Å². The third-order valence-electron chi connectivity index (χ3n) is 3.88. The summed E-state index contributed by atoms with van der Waals surface area (Å²) in [5, 5.41) is 15.6. The van der Waals surface area contributed by atoms with Crippen molar-refractivity contribution in [1.82, 2.24) is 9.97 Å². The molecule has 3 rings (SSSR count). The fraction of sp³-hybridized carbons (Fsp3) is 0.211. The Labute approximate surface area is 162 Å². The van der Waals surface area contributed by atoms with Gasteiger partial charge in [0.15, 0.2) is 18.2 Å². The maximum atomic E-state index is 11.3. The third kappa shape index (κ3) is 4.62. The molecular formula is C19H18Cl2N4O. The smallest absolute Gasteiger partial charge is 0.183 e. The van der Waals surface area contributed by atoms with E-state index in [1.165, 1.54) is 6.20 Å². The van der Waals surface area contributed by atoms with Crippen molar-refractivity contribution in [1.29, 1.82) is 0 Å². The lowest BCUT2D eigenvalue weighted by molar-refractivity contribution is -0.605. The van der Waals surface area contributed by atoms with Crippen molar-refractivity contribution in [3.63, 3.8) is 0 Å². The lowest BCUT2D eigenvalue weighted by Gasteiger charge is -2.10. The molecule has 0 saturated carbocycles. The number of anilines is 1. The van der Waals surface area contributed by atoms with Crippen LogP contribution in [0, 0.1) is 5.21 Å². The molecule has 2 aromatic heterocycles. The molecule has 0 spiro atoms. The summed E-state index contributed by atoms with van der Waals surface area (Å²) in [5.41, 5.74) is 2.71. The van der Waals surface area contributed by atoms with E-state index in [1.54, 1.807) is 24.4 Å². The number of benzene rings is 1.